The molecule has 1 atom stereocenters. The van der Waals surface area contributed by atoms with E-state index in [9.17, 15) is 4.79 Å². The molecule has 0 aromatic heterocycles. The van der Waals surface area contributed by atoms with Gasteiger partial charge in [-0.3, -0.25) is 4.79 Å². The summed E-state index contributed by atoms with van der Waals surface area (Å²) in [5.41, 5.74) is 3.87. The normalized spacial score (nSPS) is 15.5. The second-order valence-corrected chi connectivity index (χ2v) is 8.43. The molecular weight excluding hydrogens is 398 g/mol. The molecule has 1 N–H and O–H groups in total. The fourth-order valence-corrected chi connectivity index (χ4v) is 5.16. The summed E-state index contributed by atoms with van der Waals surface area (Å²) >= 11 is 0. The van der Waals surface area contributed by atoms with Crippen molar-refractivity contribution in [3.8, 4) is 11.5 Å². The van der Waals surface area contributed by atoms with Crippen LogP contribution in [0.3, 0.4) is 0 Å². The summed E-state index contributed by atoms with van der Waals surface area (Å²) in [4.78, 5) is 13.8. The average molecular weight is 430 g/mol. The first kappa shape index (κ1) is 21.9. The van der Waals surface area contributed by atoms with E-state index in [4.69, 9.17) is 9.47 Å². The monoisotopic (exact) mass is 429 g/mol. The molecule has 0 spiro atoms. The van der Waals surface area contributed by atoms with Gasteiger partial charge in [0.1, 0.15) is 11.5 Å². The van der Waals surface area contributed by atoms with Gasteiger partial charge in [0, 0.05) is 7.05 Å². The summed E-state index contributed by atoms with van der Waals surface area (Å²) < 4.78 is 10.8. The number of fused-ring (bicyclic) bond motifs is 1. The predicted octanol–water partition coefficient (Wildman–Crippen LogP) is 5.25. The molecule has 0 bridgehead atoms. The van der Waals surface area contributed by atoms with E-state index < -0.39 is 5.41 Å². The Hall–Kier alpha value is -3.27. The van der Waals surface area contributed by atoms with Crippen LogP contribution in [0, 0.1) is 0 Å². The van der Waals surface area contributed by atoms with Crippen molar-refractivity contribution in [1.29, 1.82) is 0 Å². The number of likely N-dealkylation sites (N-methyl/N-ethyl adjacent to an activating group) is 1. The molecule has 1 aliphatic rings. The maximum atomic E-state index is 13.8. The number of methoxy groups -OCH3 is 2. The zero-order chi connectivity index (χ0) is 22.6. The lowest BCUT2D eigenvalue weighted by Crippen LogP contribution is -2.45. The molecule has 1 unspecified atom stereocenters. The van der Waals surface area contributed by atoms with E-state index in [-0.39, 0.29) is 5.91 Å². The van der Waals surface area contributed by atoms with Crippen molar-refractivity contribution in [2.45, 2.75) is 37.0 Å². The number of nitrogens with one attached hydrogen (secondary N) is 1. The van der Waals surface area contributed by atoms with Crippen molar-refractivity contribution in [2.24, 2.45) is 0 Å². The molecule has 4 nitrogen and oxygen atoms in total. The van der Waals surface area contributed by atoms with Crippen LogP contribution in [0.2, 0.25) is 0 Å². The highest BCUT2D eigenvalue weighted by Crippen LogP contribution is 2.46. The van der Waals surface area contributed by atoms with Gasteiger partial charge in [0.15, 0.2) is 0 Å². The van der Waals surface area contributed by atoms with Gasteiger partial charge in [-0.1, -0.05) is 48.5 Å². The molecule has 0 saturated carbocycles. The Morgan fingerprint density at radius 3 is 2.00 bits per heavy atom. The molecule has 32 heavy (non-hydrogen) atoms. The van der Waals surface area contributed by atoms with Gasteiger partial charge in [0.25, 0.3) is 0 Å². The highest BCUT2D eigenvalue weighted by atomic mass is 16.5. The van der Waals surface area contributed by atoms with Gasteiger partial charge in [0.2, 0.25) is 5.91 Å². The van der Waals surface area contributed by atoms with Gasteiger partial charge >= 0.3 is 0 Å². The Bertz CT molecular complexity index is 1010. The molecule has 0 saturated heterocycles. The zero-order valence-corrected chi connectivity index (χ0v) is 19.1. The summed E-state index contributed by atoms with van der Waals surface area (Å²) in [6.07, 6.45) is 4.01. The minimum absolute atomic E-state index is 0.00381. The molecule has 0 aliphatic heterocycles. The Morgan fingerprint density at radius 1 is 0.906 bits per heavy atom. The first-order valence-electron chi connectivity index (χ1n) is 11.2. The second kappa shape index (κ2) is 9.47. The van der Waals surface area contributed by atoms with Gasteiger partial charge in [-0.15, -0.1) is 0 Å². The standard InChI is InChI=1S/C28H31NO3/c1-29-27(30)28(22-11-15-24(31-2)16-12-22,23-13-17-25(32-3)18-14-23)19-21-9-6-8-20-7-4-5-10-26(20)21/h4-5,7,10-18,21H,6,8-9,19H2,1-3H3,(H,29,30). The van der Waals surface area contributed by atoms with Gasteiger partial charge in [0.05, 0.1) is 19.6 Å². The van der Waals surface area contributed by atoms with Crippen LogP contribution >= 0.6 is 0 Å². The summed E-state index contributed by atoms with van der Waals surface area (Å²) in [6.45, 7) is 0. The van der Waals surface area contributed by atoms with Crippen molar-refractivity contribution in [1.82, 2.24) is 5.32 Å². The van der Waals surface area contributed by atoms with E-state index in [1.165, 1.54) is 11.1 Å². The van der Waals surface area contributed by atoms with E-state index in [1.807, 2.05) is 48.5 Å². The van der Waals surface area contributed by atoms with Crippen molar-refractivity contribution < 1.29 is 14.3 Å². The Kier molecular flexibility index (Phi) is 6.50. The molecule has 0 fully saturated rings. The summed E-state index contributed by atoms with van der Waals surface area (Å²) in [5, 5.41) is 2.97. The lowest BCUT2D eigenvalue weighted by molar-refractivity contribution is -0.125. The predicted molar refractivity (Wildman–Crippen MR) is 128 cm³/mol. The molecule has 3 aromatic carbocycles. The lowest BCUT2D eigenvalue weighted by atomic mass is 9.65. The molecule has 1 aliphatic carbocycles. The molecule has 4 rings (SSSR count). The van der Waals surface area contributed by atoms with Crippen LogP contribution in [0.15, 0.2) is 72.8 Å². The number of ether oxygens (including phenoxy) is 2. The van der Waals surface area contributed by atoms with Crippen molar-refractivity contribution in [2.75, 3.05) is 21.3 Å². The maximum Gasteiger partial charge on any atom is 0.234 e. The first-order chi connectivity index (χ1) is 15.6. The quantitative estimate of drug-likeness (QED) is 0.558. The zero-order valence-electron chi connectivity index (χ0n) is 19.1. The van der Waals surface area contributed by atoms with Crippen molar-refractivity contribution in [3.05, 3.63) is 95.1 Å². The minimum atomic E-state index is -0.831. The van der Waals surface area contributed by atoms with E-state index in [1.54, 1.807) is 21.3 Å². The van der Waals surface area contributed by atoms with Crippen LogP contribution in [-0.4, -0.2) is 27.2 Å². The highest BCUT2D eigenvalue weighted by molar-refractivity contribution is 5.92. The Morgan fingerprint density at radius 2 is 1.47 bits per heavy atom. The van der Waals surface area contributed by atoms with Gasteiger partial charge < -0.3 is 14.8 Å². The number of hydrogen-bond acceptors (Lipinski definition) is 3. The van der Waals surface area contributed by atoms with Gasteiger partial charge in [-0.2, -0.15) is 0 Å². The number of amides is 1. The third-order valence-corrected chi connectivity index (χ3v) is 6.83. The highest BCUT2D eigenvalue weighted by Gasteiger charge is 2.44. The van der Waals surface area contributed by atoms with E-state index in [2.05, 4.69) is 29.6 Å². The van der Waals surface area contributed by atoms with Gasteiger partial charge in [-0.25, -0.2) is 0 Å². The lowest BCUT2D eigenvalue weighted by Gasteiger charge is -2.38. The number of carbonyl (C=O) groups excluding carboxylic acids is 1. The number of rotatable bonds is 7. The molecule has 166 valence electrons. The van der Waals surface area contributed by atoms with E-state index in [0.29, 0.717) is 12.3 Å². The number of carbonyl (C=O) groups is 1. The van der Waals surface area contributed by atoms with Crippen LogP contribution < -0.4 is 14.8 Å². The number of hydrogen-bond donors (Lipinski definition) is 1. The smallest absolute Gasteiger partial charge is 0.234 e. The first-order valence-corrected chi connectivity index (χ1v) is 11.2. The third kappa shape index (κ3) is 3.97. The van der Waals surface area contributed by atoms with E-state index >= 15 is 0 Å². The summed E-state index contributed by atoms with van der Waals surface area (Å²) in [6, 6.07) is 24.5. The van der Waals surface area contributed by atoms with Crippen LogP contribution in [0.25, 0.3) is 0 Å². The second-order valence-electron chi connectivity index (χ2n) is 8.43. The number of aryl methyl sites for hydroxylation is 1. The maximum absolute atomic E-state index is 13.8. The average Bonchev–Trinajstić information content (AvgIpc) is 2.87. The molecule has 1 amide bonds. The van der Waals surface area contributed by atoms with Crippen LogP contribution in [-0.2, 0) is 16.6 Å². The third-order valence-electron chi connectivity index (χ3n) is 6.83. The van der Waals surface area contributed by atoms with Crippen molar-refractivity contribution in [3.63, 3.8) is 0 Å². The molecule has 0 heterocycles. The summed E-state index contributed by atoms with van der Waals surface area (Å²) in [7, 11) is 5.03. The molecular formula is C28H31NO3. The van der Waals surface area contributed by atoms with Gasteiger partial charge in [-0.05, 0) is 78.1 Å². The van der Waals surface area contributed by atoms with Crippen LogP contribution in [0.5, 0.6) is 11.5 Å². The van der Waals surface area contributed by atoms with Crippen LogP contribution in [0.4, 0.5) is 0 Å². The largest absolute Gasteiger partial charge is 0.497 e. The summed E-state index contributed by atoms with van der Waals surface area (Å²) in [5.74, 6) is 1.84. The molecule has 0 radical (unpaired) electrons. The molecule has 3 aromatic rings. The minimum Gasteiger partial charge on any atom is -0.497 e. The van der Waals surface area contributed by atoms with E-state index in [0.717, 1.165) is 41.9 Å². The van der Waals surface area contributed by atoms with Crippen molar-refractivity contribution >= 4 is 5.91 Å². The van der Waals surface area contributed by atoms with Crippen LogP contribution in [0.1, 0.15) is 47.4 Å². The SMILES string of the molecule is CNC(=O)C(CC1CCCc2ccccc21)(c1ccc(OC)cc1)c1ccc(OC)cc1. The number of benzene rings is 3. The topological polar surface area (TPSA) is 47.6 Å². The fraction of sp³-hybridized carbons (Fsp3) is 0.321. The Labute approximate surface area is 190 Å². The fourth-order valence-electron chi connectivity index (χ4n) is 5.16. The molecule has 4 heteroatoms. The Balaban J connectivity index is 1.88.